The average Bonchev–Trinajstić information content (AvgIpc) is 3.68. The summed E-state index contributed by atoms with van der Waals surface area (Å²) in [5, 5.41) is 15.6. The third-order valence-electron chi connectivity index (χ3n) is 9.77. The van der Waals surface area contributed by atoms with Gasteiger partial charge in [-0.3, -0.25) is 19.3 Å². The number of fused-ring (bicyclic) bond motifs is 1. The molecule has 0 radical (unpaired) electrons. The van der Waals surface area contributed by atoms with Crippen LogP contribution in [0.4, 0.5) is 5.69 Å². The van der Waals surface area contributed by atoms with Crippen LogP contribution in [0.5, 0.6) is 0 Å². The summed E-state index contributed by atoms with van der Waals surface area (Å²) in [5.41, 5.74) is 1.56. The number of ether oxygens (including phenoxy) is 1. The van der Waals surface area contributed by atoms with Crippen molar-refractivity contribution >= 4 is 68.1 Å². The van der Waals surface area contributed by atoms with E-state index >= 15 is 0 Å². The summed E-state index contributed by atoms with van der Waals surface area (Å²) in [6.07, 6.45) is 3.61. The molecule has 0 spiro atoms. The molecule has 2 amide bonds. The zero-order valence-electron chi connectivity index (χ0n) is 25.9. The second kappa shape index (κ2) is 14.6. The summed E-state index contributed by atoms with van der Waals surface area (Å²) in [5.74, 6) is -1.34. The first-order valence-electron chi connectivity index (χ1n) is 16.0. The van der Waals surface area contributed by atoms with Gasteiger partial charge in [0, 0.05) is 59.3 Å². The predicted molar refractivity (Wildman–Crippen MR) is 182 cm³/mol. The number of halogens is 2. The predicted octanol–water partition coefficient (Wildman–Crippen LogP) is 5.88. The summed E-state index contributed by atoms with van der Waals surface area (Å²) < 4.78 is 7.36. The Morgan fingerprint density at radius 1 is 1.02 bits per heavy atom. The van der Waals surface area contributed by atoms with Crippen molar-refractivity contribution in [3.63, 3.8) is 0 Å². The maximum absolute atomic E-state index is 13.9. The number of benzene rings is 2. The van der Waals surface area contributed by atoms with Crippen molar-refractivity contribution in [3.8, 4) is 0 Å². The quantitative estimate of drug-likeness (QED) is 0.290. The minimum absolute atomic E-state index is 0.0123. The van der Waals surface area contributed by atoms with Gasteiger partial charge in [0.1, 0.15) is 0 Å². The van der Waals surface area contributed by atoms with Crippen LogP contribution >= 0.6 is 34.5 Å². The Bertz CT molecular complexity index is 1580. The van der Waals surface area contributed by atoms with Crippen molar-refractivity contribution in [1.82, 2.24) is 14.7 Å². The normalized spacial score (nSPS) is 24.4. The first kappa shape index (κ1) is 33.2. The number of piperazine rings is 1. The Morgan fingerprint density at radius 3 is 2.50 bits per heavy atom. The first-order chi connectivity index (χ1) is 22.2. The molecule has 46 heavy (non-hydrogen) atoms. The Hall–Kier alpha value is -2.73. The van der Waals surface area contributed by atoms with E-state index in [1.165, 1.54) is 11.3 Å². The van der Waals surface area contributed by atoms with E-state index in [0.717, 1.165) is 55.5 Å². The number of carboxylic acid groups (broad SMARTS) is 1. The van der Waals surface area contributed by atoms with Crippen molar-refractivity contribution in [2.45, 2.75) is 56.7 Å². The monoisotopic (exact) mass is 686 g/mol. The number of likely N-dealkylation sites (N-methyl/N-ethyl adjacent to an activating group) is 1. The number of carbonyl (C=O) groups excluding carboxylic acids is 2. The van der Waals surface area contributed by atoms with Gasteiger partial charge in [0.15, 0.2) is 0 Å². The molecule has 2 aliphatic heterocycles. The molecule has 3 aromatic rings. The number of anilines is 1. The number of hydrogen-bond acceptors (Lipinski definition) is 7. The molecule has 3 fully saturated rings. The number of hydrogen-bond donors (Lipinski definition) is 2. The fraction of sp³-hybridized carbons (Fsp3) is 0.500. The van der Waals surface area contributed by atoms with Crippen LogP contribution in [0.1, 0.15) is 48.0 Å². The number of likely N-dealkylation sites (tertiary alicyclic amines) is 1. The summed E-state index contributed by atoms with van der Waals surface area (Å²) >= 11 is 14.8. The number of thiophene rings is 1. The van der Waals surface area contributed by atoms with Gasteiger partial charge in [-0.2, -0.15) is 0 Å². The number of carbonyl (C=O) groups is 3. The van der Waals surface area contributed by atoms with Crippen LogP contribution in [0.3, 0.4) is 0 Å². The van der Waals surface area contributed by atoms with Crippen LogP contribution in [0, 0.1) is 5.92 Å². The highest BCUT2D eigenvalue weighted by molar-refractivity contribution is 7.17. The lowest BCUT2D eigenvalue weighted by molar-refractivity contribution is -0.144. The number of nitrogens with one attached hydrogen (secondary N) is 1. The van der Waals surface area contributed by atoms with Crippen molar-refractivity contribution in [3.05, 3.63) is 63.0 Å². The lowest BCUT2D eigenvalue weighted by Gasteiger charge is -2.36. The lowest BCUT2D eigenvalue weighted by Crippen LogP contribution is -2.50. The molecule has 2 aromatic carbocycles. The van der Waals surface area contributed by atoms with Crippen molar-refractivity contribution in [2.24, 2.45) is 5.92 Å². The van der Waals surface area contributed by atoms with Crippen LogP contribution in [-0.2, 0) is 20.7 Å². The molecule has 2 saturated heterocycles. The molecule has 6 rings (SSSR count). The van der Waals surface area contributed by atoms with Gasteiger partial charge >= 0.3 is 5.97 Å². The van der Waals surface area contributed by atoms with Crippen LogP contribution in [0.25, 0.3) is 10.1 Å². The number of nitrogens with zero attached hydrogens (tertiary/aromatic N) is 3. The van der Waals surface area contributed by atoms with Gasteiger partial charge in [0.05, 0.1) is 47.4 Å². The maximum Gasteiger partial charge on any atom is 0.306 e. The second-order valence-corrected chi connectivity index (χ2v) is 14.5. The fourth-order valence-electron chi connectivity index (χ4n) is 6.96. The zero-order chi connectivity index (χ0) is 32.4. The molecule has 0 bridgehead atoms. The molecular weight excluding hydrogens is 647 g/mol. The van der Waals surface area contributed by atoms with E-state index in [4.69, 9.17) is 27.9 Å². The lowest BCUT2D eigenvalue weighted by atomic mass is 9.87. The van der Waals surface area contributed by atoms with Gasteiger partial charge in [0.25, 0.3) is 5.91 Å². The van der Waals surface area contributed by atoms with Crippen LogP contribution in [-0.4, -0.2) is 102 Å². The molecule has 1 aliphatic carbocycles. The topological polar surface area (TPSA) is 102 Å². The van der Waals surface area contributed by atoms with Gasteiger partial charge in [-0.1, -0.05) is 41.4 Å². The number of carboxylic acids is 1. The van der Waals surface area contributed by atoms with Crippen LogP contribution in [0.15, 0.2) is 41.8 Å². The van der Waals surface area contributed by atoms with Crippen molar-refractivity contribution in [1.29, 1.82) is 0 Å². The van der Waals surface area contributed by atoms with E-state index in [0.29, 0.717) is 52.9 Å². The number of aliphatic carboxylic acids is 1. The first-order valence-corrected chi connectivity index (χ1v) is 17.6. The average molecular weight is 688 g/mol. The van der Waals surface area contributed by atoms with Gasteiger partial charge in [0.2, 0.25) is 5.91 Å². The van der Waals surface area contributed by atoms with Gasteiger partial charge in [-0.15, -0.1) is 11.3 Å². The van der Waals surface area contributed by atoms with Crippen LogP contribution in [0.2, 0.25) is 10.0 Å². The van der Waals surface area contributed by atoms with E-state index in [1.54, 1.807) is 12.1 Å². The minimum Gasteiger partial charge on any atom is -0.481 e. The van der Waals surface area contributed by atoms with E-state index < -0.39 is 5.97 Å². The standard InChI is InChI=1S/C34H40Cl2N4O5S/c1-38-10-12-39(13-11-38)23-16-24(19-45-25-8-6-21(7-9-25)34(43)44)40(18-23)32(41)15-22-14-29(36)30(17-28(22)35)37-33(42)27-20-46-31-5-3-2-4-26(27)31/h2-5,14,17,20-21,23-25H,6-13,15-16,18-19H2,1H3,(H,37,42)(H,43,44)/t21-,23-,24-,25-/m0/s1. The fourth-order valence-corrected chi connectivity index (χ4v) is 8.36. The molecule has 12 heteroatoms. The largest absolute Gasteiger partial charge is 0.481 e. The Labute approximate surface area is 283 Å². The highest BCUT2D eigenvalue weighted by Gasteiger charge is 2.39. The molecule has 9 nitrogen and oxygen atoms in total. The third kappa shape index (κ3) is 7.53. The third-order valence-corrected chi connectivity index (χ3v) is 11.4. The molecular formula is C34H40Cl2N4O5S. The van der Waals surface area contributed by atoms with Gasteiger partial charge in [-0.25, -0.2) is 0 Å². The molecule has 2 N–H and O–H groups in total. The molecule has 0 unspecified atom stereocenters. The number of amides is 2. The molecule has 2 atom stereocenters. The number of rotatable bonds is 9. The summed E-state index contributed by atoms with van der Waals surface area (Å²) in [4.78, 5) is 45.1. The van der Waals surface area contributed by atoms with E-state index in [-0.39, 0.29) is 42.3 Å². The zero-order valence-corrected chi connectivity index (χ0v) is 28.3. The Morgan fingerprint density at radius 2 is 1.76 bits per heavy atom. The van der Waals surface area contributed by atoms with Gasteiger partial charge in [-0.05, 0) is 62.9 Å². The summed E-state index contributed by atoms with van der Waals surface area (Å²) in [6, 6.07) is 11.2. The van der Waals surface area contributed by atoms with E-state index in [1.807, 2.05) is 34.5 Å². The van der Waals surface area contributed by atoms with Crippen molar-refractivity contribution < 1.29 is 24.2 Å². The molecule has 1 aromatic heterocycles. The smallest absolute Gasteiger partial charge is 0.306 e. The highest BCUT2D eigenvalue weighted by Crippen LogP contribution is 2.34. The Balaban J connectivity index is 1.12. The molecule has 3 heterocycles. The summed E-state index contributed by atoms with van der Waals surface area (Å²) in [7, 11) is 2.13. The SMILES string of the molecule is CN1CCN([C@H]2C[C@@H](CO[C@H]3CC[C@H](C(=O)O)CC3)N(C(=O)Cc3cc(Cl)c(NC(=O)c4csc5ccccc45)cc3Cl)C2)CC1. The molecule has 246 valence electrons. The minimum atomic E-state index is -0.730. The maximum atomic E-state index is 13.9. The van der Waals surface area contributed by atoms with E-state index in [2.05, 4.69) is 22.2 Å². The van der Waals surface area contributed by atoms with Gasteiger partial charge < -0.3 is 25.0 Å². The molecule has 1 saturated carbocycles. The highest BCUT2D eigenvalue weighted by atomic mass is 35.5. The molecule has 3 aliphatic rings. The van der Waals surface area contributed by atoms with Crippen molar-refractivity contribution in [2.75, 3.05) is 51.7 Å². The van der Waals surface area contributed by atoms with E-state index in [9.17, 15) is 19.5 Å². The second-order valence-electron chi connectivity index (χ2n) is 12.8. The van der Waals surface area contributed by atoms with Crippen LogP contribution < -0.4 is 5.32 Å². The summed E-state index contributed by atoms with van der Waals surface area (Å²) in [6.45, 7) is 4.97. The Kier molecular flexibility index (Phi) is 10.5.